The first-order valence-corrected chi connectivity index (χ1v) is 16.7. The first kappa shape index (κ1) is 34.0. The molecule has 10 heteroatoms. The number of aryl methyl sites for hydroxylation is 1. The molecule has 0 aliphatic heterocycles. The van der Waals surface area contributed by atoms with Crippen LogP contribution in [0.5, 0.6) is 0 Å². The Morgan fingerprint density at radius 2 is 1.47 bits per heavy atom. The lowest BCUT2D eigenvalue weighted by Gasteiger charge is -2.35. The van der Waals surface area contributed by atoms with Gasteiger partial charge in [0.25, 0.3) is 10.0 Å². The molecule has 0 aliphatic rings. The van der Waals surface area contributed by atoms with Crippen LogP contribution < -0.4 is 9.62 Å². The molecule has 0 aliphatic carbocycles. The van der Waals surface area contributed by atoms with Crippen LogP contribution in [0, 0.1) is 6.92 Å². The van der Waals surface area contributed by atoms with Crippen molar-refractivity contribution in [1.82, 2.24) is 10.2 Å². The van der Waals surface area contributed by atoms with Crippen LogP contribution in [0.15, 0.2) is 108 Å². The monoisotopic (exact) mass is 665 g/mol. The highest BCUT2D eigenvalue weighted by molar-refractivity contribution is 7.92. The van der Waals surface area contributed by atoms with Crippen molar-refractivity contribution >= 4 is 50.7 Å². The molecule has 1 atom stereocenters. The summed E-state index contributed by atoms with van der Waals surface area (Å²) in [7, 11) is -4.26. The average Bonchev–Trinajstić information content (AvgIpc) is 2.98. The second-order valence-corrected chi connectivity index (χ2v) is 14.6. The number of benzene rings is 4. The second kappa shape index (κ2) is 14.5. The van der Waals surface area contributed by atoms with Crippen LogP contribution >= 0.6 is 23.2 Å². The van der Waals surface area contributed by atoms with Gasteiger partial charge < -0.3 is 10.2 Å². The van der Waals surface area contributed by atoms with E-state index in [9.17, 15) is 18.0 Å². The van der Waals surface area contributed by atoms with Gasteiger partial charge in [-0.1, -0.05) is 83.9 Å². The molecule has 45 heavy (non-hydrogen) atoms. The molecule has 0 fully saturated rings. The molecule has 0 bridgehead atoms. The van der Waals surface area contributed by atoms with Crippen LogP contribution in [-0.4, -0.2) is 43.3 Å². The Morgan fingerprint density at radius 3 is 2.09 bits per heavy atom. The molecule has 0 spiro atoms. The minimum Gasteiger partial charge on any atom is -0.350 e. The maximum absolute atomic E-state index is 14.5. The molecule has 0 heterocycles. The maximum atomic E-state index is 14.5. The summed E-state index contributed by atoms with van der Waals surface area (Å²) in [6.45, 7) is 7.06. The largest absolute Gasteiger partial charge is 0.350 e. The number of sulfonamides is 1. The molecule has 1 N–H and O–H groups in total. The topological polar surface area (TPSA) is 86.8 Å². The number of amides is 2. The van der Waals surface area contributed by atoms with Crippen LogP contribution in [0.25, 0.3) is 0 Å². The summed E-state index contributed by atoms with van der Waals surface area (Å²) in [6, 6.07) is 28.1. The smallest absolute Gasteiger partial charge is 0.264 e. The molecule has 4 aromatic carbocycles. The zero-order valence-electron chi connectivity index (χ0n) is 25.7. The van der Waals surface area contributed by atoms with Crippen LogP contribution in [0.4, 0.5) is 5.69 Å². The van der Waals surface area contributed by atoms with Gasteiger partial charge in [-0.15, -0.1) is 0 Å². The summed E-state index contributed by atoms with van der Waals surface area (Å²) < 4.78 is 29.2. The van der Waals surface area contributed by atoms with Crippen molar-refractivity contribution in [2.75, 3.05) is 10.8 Å². The van der Waals surface area contributed by atoms with Crippen molar-refractivity contribution in [2.45, 2.75) is 57.1 Å². The van der Waals surface area contributed by atoms with E-state index < -0.39 is 34.1 Å². The summed E-state index contributed by atoms with van der Waals surface area (Å²) in [4.78, 5) is 29.9. The van der Waals surface area contributed by atoms with E-state index in [1.807, 2.05) is 82.3 Å². The second-order valence-electron chi connectivity index (χ2n) is 11.8. The summed E-state index contributed by atoms with van der Waals surface area (Å²) in [5.74, 6) is -0.899. The fourth-order valence-electron chi connectivity index (χ4n) is 4.87. The highest BCUT2D eigenvalue weighted by atomic mass is 35.5. The van der Waals surface area contributed by atoms with E-state index in [4.69, 9.17) is 23.2 Å². The zero-order chi connectivity index (χ0) is 32.8. The van der Waals surface area contributed by atoms with Crippen molar-refractivity contribution in [1.29, 1.82) is 0 Å². The van der Waals surface area contributed by atoms with Crippen molar-refractivity contribution in [3.8, 4) is 0 Å². The molecule has 0 unspecified atom stereocenters. The number of nitrogens with zero attached hydrogens (tertiary/aromatic N) is 2. The summed E-state index contributed by atoms with van der Waals surface area (Å²) in [6.07, 6.45) is 0.224. The number of halogens is 2. The fourth-order valence-corrected chi connectivity index (χ4v) is 6.59. The van der Waals surface area contributed by atoms with Crippen molar-refractivity contribution in [2.24, 2.45) is 0 Å². The molecule has 0 saturated carbocycles. The molecule has 236 valence electrons. The zero-order valence-corrected chi connectivity index (χ0v) is 28.0. The van der Waals surface area contributed by atoms with E-state index in [0.717, 1.165) is 21.0 Å². The van der Waals surface area contributed by atoms with Crippen molar-refractivity contribution in [3.63, 3.8) is 0 Å². The summed E-state index contributed by atoms with van der Waals surface area (Å²) in [5.41, 5.74) is 2.26. The maximum Gasteiger partial charge on any atom is 0.264 e. The standard InChI is InChI=1S/C35H37Cl2N3O4S/c1-25-11-8-9-14-27(25)23-39(32(34(42)38-35(2,3)4)21-26-12-6-5-7-13-26)33(41)24-40(30-16-10-15-29(37)22-30)45(43,44)31-19-17-28(36)18-20-31/h5-20,22,32H,21,23-24H2,1-4H3,(H,38,42)/t32-/m1/s1. The summed E-state index contributed by atoms with van der Waals surface area (Å²) >= 11 is 12.3. The molecule has 0 saturated heterocycles. The van der Waals surface area contributed by atoms with Gasteiger partial charge in [0, 0.05) is 28.5 Å². The van der Waals surface area contributed by atoms with Gasteiger partial charge >= 0.3 is 0 Å². The number of rotatable bonds is 11. The van der Waals surface area contributed by atoms with Crippen LogP contribution in [0.2, 0.25) is 10.0 Å². The van der Waals surface area contributed by atoms with Crippen LogP contribution in [-0.2, 0) is 32.6 Å². The average molecular weight is 667 g/mol. The minimum atomic E-state index is -4.26. The molecular weight excluding hydrogens is 629 g/mol. The normalized spacial score (nSPS) is 12.3. The van der Waals surface area contributed by atoms with E-state index in [1.165, 1.54) is 35.2 Å². The summed E-state index contributed by atoms with van der Waals surface area (Å²) in [5, 5.41) is 3.71. The van der Waals surface area contributed by atoms with Gasteiger partial charge in [-0.25, -0.2) is 8.42 Å². The lowest BCUT2D eigenvalue weighted by molar-refractivity contribution is -0.140. The third-order valence-corrected chi connectivity index (χ3v) is 9.42. The van der Waals surface area contributed by atoms with Gasteiger partial charge in [-0.2, -0.15) is 0 Å². The number of hydrogen-bond acceptors (Lipinski definition) is 4. The Hall–Kier alpha value is -3.85. The third kappa shape index (κ3) is 9.10. The number of carbonyl (C=O) groups is 2. The van der Waals surface area contributed by atoms with Crippen LogP contribution in [0.1, 0.15) is 37.5 Å². The molecular formula is C35H37Cl2N3O4S. The van der Waals surface area contributed by atoms with Gasteiger partial charge in [0.15, 0.2) is 0 Å². The Morgan fingerprint density at radius 1 is 0.822 bits per heavy atom. The Bertz CT molecular complexity index is 1740. The van der Waals surface area contributed by atoms with E-state index in [2.05, 4.69) is 5.32 Å². The molecule has 2 amide bonds. The van der Waals surface area contributed by atoms with Gasteiger partial charge in [-0.3, -0.25) is 13.9 Å². The lowest BCUT2D eigenvalue weighted by Crippen LogP contribution is -2.56. The lowest BCUT2D eigenvalue weighted by atomic mass is 10.00. The molecule has 4 rings (SSSR count). The number of hydrogen-bond donors (Lipinski definition) is 1. The Labute approximate surface area is 275 Å². The molecule has 0 aromatic heterocycles. The first-order chi connectivity index (χ1) is 21.2. The predicted molar refractivity (Wildman–Crippen MR) is 181 cm³/mol. The Kier molecular flexibility index (Phi) is 11.0. The van der Waals surface area contributed by atoms with Crippen molar-refractivity contribution in [3.05, 3.63) is 130 Å². The van der Waals surface area contributed by atoms with E-state index >= 15 is 0 Å². The van der Waals surface area contributed by atoms with E-state index in [-0.39, 0.29) is 29.5 Å². The van der Waals surface area contributed by atoms with Gasteiger partial charge in [0.1, 0.15) is 12.6 Å². The highest BCUT2D eigenvalue weighted by Crippen LogP contribution is 2.28. The van der Waals surface area contributed by atoms with Gasteiger partial charge in [0.2, 0.25) is 11.8 Å². The SMILES string of the molecule is Cc1ccccc1CN(C(=O)CN(c1cccc(Cl)c1)S(=O)(=O)c1ccc(Cl)cc1)[C@H](Cc1ccccc1)C(=O)NC(C)(C)C. The van der Waals surface area contributed by atoms with E-state index in [0.29, 0.717) is 10.0 Å². The number of carbonyl (C=O) groups excluding carboxylic acids is 2. The van der Waals surface area contributed by atoms with Crippen molar-refractivity contribution < 1.29 is 18.0 Å². The minimum absolute atomic E-state index is 0.0450. The molecule has 4 aromatic rings. The number of anilines is 1. The highest BCUT2D eigenvalue weighted by Gasteiger charge is 2.35. The molecule has 7 nitrogen and oxygen atoms in total. The predicted octanol–water partition coefficient (Wildman–Crippen LogP) is 7.05. The number of nitrogens with one attached hydrogen (secondary N) is 1. The molecule has 0 radical (unpaired) electrons. The first-order valence-electron chi connectivity index (χ1n) is 14.5. The quantitative estimate of drug-likeness (QED) is 0.186. The van der Waals surface area contributed by atoms with Gasteiger partial charge in [0.05, 0.1) is 10.6 Å². The van der Waals surface area contributed by atoms with Gasteiger partial charge in [-0.05, 0) is 86.8 Å². The Balaban J connectivity index is 1.83. The fraction of sp³-hybridized carbons (Fsp3) is 0.257. The van der Waals surface area contributed by atoms with E-state index in [1.54, 1.807) is 18.2 Å². The third-order valence-electron chi connectivity index (χ3n) is 7.15. The van der Waals surface area contributed by atoms with Crippen LogP contribution in [0.3, 0.4) is 0 Å².